The maximum Gasteiger partial charge on any atom is 0.383 e. The minimum absolute atomic E-state index is 0.0321. The van der Waals surface area contributed by atoms with Crippen molar-refractivity contribution in [1.82, 2.24) is 10.1 Å². The predicted octanol–water partition coefficient (Wildman–Crippen LogP) is 2.79. The van der Waals surface area contributed by atoms with Crippen LogP contribution in [0.2, 0.25) is 0 Å². The number of carbonyl (C=O) groups is 1. The number of hydrogen-bond acceptors (Lipinski definition) is 4. The number of rotatable bonds is 4. The third kappa shape index (κ3) is 2.46. The number of alkyl halides is 4. The molecule has 1 heterocycles. The molecule has 0 aliphatic heterocycles. The van der Waals surface area contributed by atoms with Crippen molar-refractivity contribution in [3.05, 3.63) is 35.7 Å². The summed E-state index contributed by atoms with van der Waals surface area (Å²) in [5.41, 5.74) is 0.130. The zero-order valence-corrected chi connectivity index (χ0v) is 9.56. The molecular weight excluding hydrogens is 284 g/mol. The molecule has 5 nitrogen and oxygen atoms in total. The quantitative estimate of drug-likeness (QED) is 0.876. The van der Waals surface area contributed by atoms with Crippen LogP contribution in [0, 0.1) is 0 Å². The molecule has 1 aromatic heterocycles. The Bertz CT molecular complexity index is 625. The number of nitrogens with zero attached hydrogens (tertiary/aromatic N) is 2. The Labute approximate surface area is 108 Å². The van der Waals surface area contributed by atoms with Crippen molar-refractivity contribution in [2.75, 3.05) is 0 Å². The van der Waals surface area contributed by atoms with Gasteiger partial charge in [-0.25, -0.2) is 13.6 Å². The van der Waals surface area contributed by atoms with E-state index in [9.17, 15) is 22.4 Å². The van der Waals surface area contributed by atoms with E-state index in [-0.39, 0.29) is 17.0 Å². The molecule has 0 saturated carbocycles. The first-order valence-corrected chi connectivity index (χ1v) is 5.16. The van der Waals surface area contributed by atoms with Crippen molar-refractivity contribution in [3.8, 4) is 11.4 Å². The zero-order chi connectivity index (χ0) is 14.9. The second-order valence-corrected chi connectivity index (χ2v) is 3.73. The summed E-state index contributed by atoms with van der Waals surface area (Å²) in [4.78, 5) is 13.8. The molecule has 0 radical (unpaired) electrons. The van der Waals surface area contributed by atoms with Crippen LogP contribution in [-0.2, 0) is 5.92 Å². The van der Waals surface area contributed by atoms with Gasteiger partial charge in [0.05, 0.1) is 5.56 Å². The highest BCUT2D eigenvalue weighted by atomic mass is 19.3. The highest BCUT2D eigenvalue weighted by molar-refractivity contribution is 5.88. The third-order valence-corrected chi connectivity index (χ3v) is 2.38. The monoisotopic (exact) mass is 290 g/mol. The number of hydrogen-bond donors (Lipinski definition) is 1. The molecule has 9 heteroatoms. The molecule has 1 aromatic carbocycles. The highest BCUT2D eigenvalue weighted by Crippen LogP contribution is 2.34. The van der Waals surface area contributed by atoms with Crippen LogP contribution in [-0.4, -0.2) is 27.6 Å². The van der Waals surface area contributed by atoms with Gasteiger partial charge in [0.25, 0.3) is 0 Å². The fourth-order valence-electron chi connectivity index (χ4n) is 1.33. The van der Waals surface area contributed by atoms with E-state index in [0.29, 0.717) is 0 Å². The Kier molecular flexibility index (Phi) is 3.43. The Morgan fingerprint density at radius 2 is 1.85 bits per heavy atom. The van der Waals surface area contributed by atoms with Crippen LogP contribution in [0.4, 0.5) is 17.6 Å². The van der Waals surface area contributed by atoms with Gasteiger partial charge in [0, 0.05) is 5.56 Å². The van der Waals surface area contributed by atoms with Crippen LogP contribution >= 0.6 is 0 Å². The summed E-state index contributed by atoms with van der Waals surface area (Å²) in [6.07, 6.45) is -3.97. The molecule has 0 fully saturated rings. The lowest BCUT2D eigenvalue weighted by Crippen LogP contribution is -2.23. The van der Waals surface area contributed by atoms with E-state index in [4.69, 9.17) is 5.11 Å². The maximum atomic E-state index is 13.0. The molecule has 0 aliphatic rings. The second kappa shape index (κ2) is 4.91. The van der Waals surface area contributed by atoms with E-state index < -0.39 is 24.2 Å². The second-order valence-electron chi connectivity index (χ2n) is 3.73. The Balaban J connectivity index is 2.31. The Morgan fingerprint density at radius 3 is 2.35 bits per heavy atom. The lowest BCUT2D eigenvalue weighted by molar-refractivity contribution is -0.152. The van der Waals surface area contributed by atoms with E-state index >= 15 is 0 Å². The van der Waals surface area contributed by atoms with Crippen LogP contribution in [0.1, 0.15) is 16.2 Å². The van der Waals surface area contributed by atoms with Gasteiger partial charge in [-0.3, -0.25) is 0 Å². The minimum Gasteiger partial charge on any atom is -0.478 e. The van der Waals surface area contributed by atoms with E-state index in [1.165, 1.54) is 24.3 Å². The first-order chi connectivity index (χ1) is 9.32. The molecule has 0 bridgehead atoms. The number of carboxylic acid groups (broad SMARTS) is 1. The minimum atomic E-state index is -4.54. The Morgan fingerprint density at radius 1 is 1.25 bits per heavy atom. The first-order valence-electron chi connectivity index (χ1n) is 5.16. The van der Waals surface area contributed by atoms with Gasteiger partial charge in [0.2, 0.25) is 5.82 Å². The van der Waals surface area contributed by atoms with Gasteiger partial charge in [-0.1, -0.05) is 17.3 Å². The van der Waals surface area contributed by atoms with Crippen LogP contribution < -0.4 is 0 Å². The van der Waals surface area contributed by atoms with Gasteiger partial charge >= 0.3 is 24.2 Å². The van der Waals surface area contributed by atoms with Gasteiger partial charge in [0.15, 0.2) is 0 Å². The summed E-state index contributed by atoms with van der Waals surface area (Å²) in [7, 11) is 0. The molecular formula is C11H6F4N2O3. The van der Waals surface area contributed by atoms with Crippen LogP contribution in [0.15, 0.2) is 28.8 Å². The van der Waals surface area contributed by atoms with Crippen molar-refractivity contribution in [2.24, 2.45) is 0 Å². The average Bonchev–Trinajstić information content (AvgIpc) is 2.88. The molecule has 0 spiro atoms. The Hall–Kier alpha value is -2.45. The molecule has 0 aliphatic carbocycles. The van der Waals surface area contributed by atoms with E-state index in [1.807, 2.05) is 0 Å². The smallest absolute Gasteiger partial charge is 0.383 e. The summed E-state index contributed by atoms with van der Waals surface area (Å²) in [6, 6.07) is 4.88. The third-order valence-electron chi connectivity index (χ3n) is 2.38. The van der Waals surface area contributed by atoms with Crippen LogP contribution in [0.25, 0.3) is 11.4 Å². The number of carboxylic acids is 1. The number of aromatic carboxylic acids is 1. The van der Waals surface area contributed by atoms with Gasteiger partial charge in [0.1, 0.15) is 0 Å². The predicted molar refractivity (Wildman–Crippen MR) is 56.6 cm³/mol. The SMILES string of the molecule is O=C(O)c1ccc(-c2noc(C(F)(F)C(F)F)n2)cc1. The maximum absolute atomic E-state index is 13.0. The fourth-order valence-corrected chi connectivity index (χ4v) is 1.33. The number of benzene rings is 1. The molecule has 0 saturated heterocycles. The molecule has 1 N–H and O–H groups in total. The highest BCUT2D eigenvalue weighted by Gasteiger charge is 2.48. The molecule has 0 unspecified atom stereocenters. The largest absolute Gasteiger partial charge is 0.478 e. The van der Waals surface area contributed by atoms with E-state index in [2.05, 4.69) is 14.7 Å². The van der Waals surface area contributed by atoms with Crippen molar-refractivity contribution in [2.45, 2.75) is 12.3 Å². The van der Waals surface area contributed by atoms with Gasteiger partial charge in [-0.05, 0) is 12.1 Å². The first kappa shape index (κ1) is 14.0. The molecule has 2 rings (SSSR count). The van der Waals surface area contributed by atoms with Crippen molar-refractivity contribution in [1.29, 1.82) is 0 Å². The van der Waals surface area contributed by atoms with Crippen molar-refractivity contribution in [3.63, 3.8) is 0 Å². The summed E-state index contributed by atoms with van der Waals surface area (Å²) in [5, 5.41) is 11.8. The normalized spacial score (nSPS) is 11.8. The van der Waals surface area contributed by atoms with Crippen molar-refractivity contribution >= 4 is 5.97 Å². The number of halogens is 4. The summed E-state index contributed by atoms with van der Waals surface area (Å²) < 4.78 is 54.2. The molecule has 0 amide bonds. The molecule has 20 heavy (non-hydrogen) atoms. The summed E-state index contributed by atoms with van der Waals surface area (Å²) in [5.74, 6) is -7.54. The van der Waals surface area contributed by atoms with Gasteiger partial charge < -0.3 is 9.63 Å². The van der Waals surface area contributed by atoms with Crippen molar-refractivity contribution < 1.29 is 32.0 Å². The standard InChI is InChI=1S/C11H6F4N2O3/c12-9(13)11(14,15)10-16-7(17-20-10)5-1-3-6(4-2-5)8(18)19/h1-4,9H,(H,18,19). The molecule has 106 valence electrons. The van der Waals surface area contributed by atoms with Crippen LogP contribution in [0.3, 0.4) is 0 Å². The zero-order valence-electron chi connectivity index (χ0n) is 9.56. The topological polar surface area (TPSA) is 76.2 Å². The van der Waals surface area contributed by atoms with E-state index in [1.54, 1.807) is 0 Å². The van der Waals surface area contributed by atoms with Gasteiger partial charge in [-0.15, -0.1) is 0 Å². The lowest BCUT2D eigenvalue weighted by atomic mass is 10.1. The molecule has 0 atom stereocenters. The summed E-state index contributed by atoms with van der Waals surface area (Å²) in [6.45, 7) is 0. The summed E-state index contributed by atoms with van der Waals surface area (Å²) >= 11 is 0. The van der Waals surface area contributed by atoms with Crippen LogP contribution in [0.5, 0.6) is 0 Å². The molecule has 2 aromatic rings. The lowest BCUT2D eigenvalue weighted by Gasteiger charge is -2.08. The fraction of sp³-hybridized carbons (Fsp3) is 0.182. The number of aromatic nitrogens is 2. The van der Waals surface area contributed by atoms with E-state index in [0.717, 1.165) is 0 Å². The van der Waals surface area contributed by atoms with Gasteiger partial charge in [-0.2, -0.15) is 13.8 Å². The average molecular weight is 290 g/mol.